The summed E-state index contributed by atoms with van der Waals surface area (Å²) in [5, 5.41) is 13.3. The van der Waals surface area contributed by atoms with Crippen LogP contribution in [0.5, 0.6) is 5.75 Å². The molecule has 3 aromatic rings. The van der Waals surface area contributed by atoms with Crippen molar-refractivity contribution in [2.75, 3.05) is 0 Å². The fourth-order valence-corrected chi connectivity index (χ4v) is 2.35. The molecule has 18 heavy (non-hydrogen) atoms. The number of fused-ring (bicyclic) bond motifs is 3. The molecule has 0 atom stereocenters. The van der Waals surface area contributed by atoms with Gasteiger partial charge in [-0.2, -0.15) is 0 Å². The average molecular weight is 257 g/mol. The van der Waals surface area contributed by atoms with E-state index < -0.39 is 0 Å². The summed E-state index contributed by atoms with van der Waals surface area (Å²) in [6.45, 7) is 0. The van der Waals surface area contributed by atoms with Gasteiger partial charge in [0.15, 0.2) is 5.43 Å². The van der Waals surface area contributed by atoms with E-state index >= 15 is 0 Å². The number of benzene rings is 2. The van der Waals surface area contributed by atoms with Gasteiger partial charge in [-0.15, -0.1) is 0 Å². The van der Waals surface area contributed by atoms with Crippen molar-refractivity contribution in [1.29, 1.82) is 0 Å². The second-order valence-electron chi connectivity index (χ2n) is 4.13. The third-order valence-electron chi connectivity index (χ3n) is 3.01. The Balaban J connectivity index is 2.73. The summed E-state index contributed by atoms with van der Waals surface area (Å²) in [6.07, 6.45) is 0. The van der Waals surface area contributed by atoms with Crippen molar-refractivity contribution in [1.82, 2.24) is 0 Å². The highest BCUT2D eigenvalue weighted by molar-refractivity contribution is 6.31. The van der Waals surface area contributed by atoms with Gasteiger partial charge in [-0.05, 0) is 22.9 Å². The topological polar surface area (TPSA) is 37.3 Å². The van der Waals surface area contributed by atoms with Crippen LogP contribution in [0.15, 0.2) is 53.3 Å². The molecule has 3 heteroatoms. The van der Waals surface area contributed by atoms with Crippen LogP contribution < -0.4 is 5.43 Å². The molecule has 0 bridgehead atoms. The molecule has 1 N–H and O–H groups in total. The SMILES string of the molecule is O=c1cc(O)c2cc(Cl)ccc2c2ccccc12. The first-order valence-electron chi connectivity index (χ1n) is 5.51. The highest BCUT2D eigenvalue weighted by Crippen LogP contribution is 2.30. The molecular weight excluding hydrogens is 248 g/mol. The van der Waals surface area contributed by atoms with Gasteiger partial charge in [-0.25, -0.2) is 0 Å². The third-order valence-corrected chi connectivity index (χ3v) is 3.24. The van der Waals surface area contributed by atoms with E-state index in [0.29, 0.717) is 15.8 Å². The van der Waals surface area contributed by atoms with Gasteiger partial charge in [0.25, 0.3) is 0 Å². The number of hydrogen-bond acceptors (Lipinski definition) is 2. The lowest BCUT2D eigenvalue weighted by atomic mass is 10.1. The number of aromatic hydroxyl groups is 1. The van der Waals surface area contributed by atoms with E-state index in [1.54, 1.807) is 18.2 Å². The van der Waals surface area contributed by atoms with E-state index in [1.807, 2.05) is 24.3 Å². The monoisotopic (exact) mass is 256 g/mol. The summed E-state index contributed by atoms with van der Waals surface area (Å²) >= 11 is 5.94. The van der Waals surface area contributed by atoms with Crippen LogP contribution in [-0.4, -0.2) is 5.11 Å². The van der Waals surface area contributed by atoms with Crippen LogP contribution in [0.1, 0.15) is 0 Å². The van der Waals surface area contributed by atoms with Gasteiger partial charge >= 0.3 is 0 Å². The smallest absolute Gasteiger partial charge is 0.190 e. The van der Waals surface area contributed by atoms with Gasteiger partial charge in [0.05, 0.1) is 0 Å². The van der Waals surface area contributed by atoms with Crippen molar-refractivity contribution in [3.8, 4) is 5.75 Å². The largest absolute Gasteiger partial charge is 0.507 e. The van der Waals surface area contributed by atoms with Crippen LogP contribution in [0.2, 0.25) is 5.02 Å². The molecule has 0 aliphatic heterocycles. The van der Waals surface area contributed by atoms with E-state index in [4.69, 9.17) is 11.6 Å². The molecule has 2 nitrogen and oxygen atoms in total. The maximum atomic E-state index is 12.0. The van der Waals surface area contributed by atoms with Crippen molar-refractivity contribution in [2.45, 2.75) is 0 Å². The quantitative estimate of drug-likeness (QED) is 0.666. The minimum Gasteiger partial charge on any atom is -0.507 e. The zero-order valence-electron chi connectivity index (χ0n) is 9.35. The fourth-order valence-electron chi connectivity index (χ4n) is 2.18. The first-order chi connectivity index (χ1) is 8.66. The van der Waals surface area contributed by atoms with Crippen LogP contribution in [0.4, 0.5) is 0 Å². The second-order valence-corrected chi connectivity index (χ2v) is 4.57. The van der Waals surface area contributed by atoms with E-state index in [2.05, 4.69) is 0 Å². The van der Waals surface area contributed by atoms with Crippen LogP contribution >= 0.6 is 11.6 Å². The molecule has 88 valence electrons. The zero-order valence-corrected chi connectivity index (χ0v) is 10.1. The van der Waals surface area contributed by atoms with Crippen LogP contribution in [0.3, 0.4) is 0 Å². The molecule has 0 radical (unpaired) electrons. The third kappa shape index (κ3) is 1.62. The molecule has 0 unspecified atom stereocenters. The highest BCUT2D eigenvalue weighted by Gasteiger charge is 2.06. The van der Waals surface area contributed by atoms with Crippen molar-refractivity contribution >= 4 is 33.1 Å². The molecular formula is C15H9ClO2. The summed E-state index contributed by atoms with van der Waals surface area (Å²) < 4.78 is 0. The number of rotatable bonds is 0. The van der Waals surface area contributed by atoms with Crippen LogP contribution in [0.25, 0.3) is 21.5 Å². The lowest BCUT2D eigenvalue weighted by molar-refractivity contribution is 0.481. The lowest BCUT2D eigenvalue weighted by Gasteiger charge is -1.99. The molecule has 0 aliphatic carbocycles. The number of halogens is 1. The summed E-state index contributed by atoms with van der Waals surface area (Å²) in [4.78, 5) is 12.0. The van der Waals surface area contributed by atoms with Gasteiger partial charge in [-0.3, -0.25) is 4.79 Å². The molecule has 3 rings (SSSR count). The maximum Gasteiger partial charge on any atom is 0.190 e. The Kier molecular flexibility index (Phi) is 2.46. The molecule has 0 fully saturated rings. The summed E-state index contributed by atoms with van der Waals surface area (Å²) in [7, 11) is 0. The minimum atomic E-state index is -0.199. The van der Waals surface area contributed by atoms with Gasteiger partial charge in [-0.1, -0.05) is 41.9 Å². The molecule has 3 aromatic carbocycles. The Hall–Kier alpha value is -2.06. The van der Waals surface area contributed by atoms with Gasteiger partial charge in [0.2, 0.25) is 0 Å². The van der Waals surface area contributed by atoms with E-state index in [0.717, 1.165) is 10.8 Å². The van der Waals surface area contributed by atoms with Gasteiger partial charge < -0.3 is 5.11 Å². The molecule has 0 saturated heterocycles. The van der Waals surface area contributed by atoms with Crippen molar-refractivity contribution in [2.24, 2.45) is 0 Å². The molecule has 0 amide bonds. The van der Waals surface area contributed by atoms with Crippen LogP contribution in [-0.2, 0) is 0 Å². The Morgan fingerprint density at radius 1 is 0.833 bits per heavy atom. The fraction of sp³-hybridized carbons (Fsp3) is 0. The lowest BCUT2D eigenvalue weighted by Crippen LogP contribution is -1.93. The standard InChI is InChI=1S/C15H9ClO2/c16-9-5-6-11-10-3-1-2-4-12(10)14(17)8-15(18)13(11)7-9/h1-8,18H. The van der Waals surface area contributed by atoms with Crippen molar-refractivity contribution < 1.29 is 5.11 Å². The van der Waals surface area contributed by atoms with Gasteiger partial charge in [0, 0.05) is 21.9 Å². The zero-order chi connectivity index (χ0) is 12.7. The predicted octanol–water partition coefficient (Wildman–Crippen LogP) is 3.71. The Morgan fingerprint density at radius 3 is 2.28 bits per heavy atom. The second kappa shape index (κ2) is 4.00. The van der Waals surface area contributed by atoms with E-state index in [-0.39, 0.29) is 11.2 Å². The Morgan fingerprint density at radius 2 is 1.50 bits per heavy atom. The molecule has 0 spiro atoms. The van der Waals surface area contributed by atoms with Crippen molar-refractivity contribution in [3.05, 3.63) is 63.8 Å². The summed E-state index contributed by atoms with van der Waals surface area (Å²) in [5.74, 6) is -0.0475. The highest BCUT2D eigenvalue weighted by atomic mass is 35.5. The first kappa shape index (κ1) is 11.1. The molecule has 0 aliphatic rings. The van der Waals surface area contributed by atoms with Crippen LogP contribution in [0, 0.1) is 0 Å². The van der Waals surface area contributed by atoms with Crippen molar-refractivity contribution in [3.63, 3.8) is 0 Å². The normalized spacial score (nSPS) is 10.9. The molecule has 0 heterocycles. The van der Waals surface area contributed by atoms with E-state index in [9.17, 15) is 9.90 Å². The molecule has 0 saturated carbocycles. The average Bonchev–Trinajstić information content (AvgIpc) is 2.47. The maximum absolute atomic E-state index is 12.0. The van der Waals surface area contributed by atoms with E-state index in [1.165, 1.54) is 6.07 Å². The first-order valence-corrected chi connectivity index (χ1v) is 5.89. The predicted molar refractivity (Wildman–Crippen MR) is 74.4 cm³/mol. The summed E-state index contributed by atoms with van der Waals surface area (Å²) in [5.41, 5.74) is -0.199. The number of hydrogen-bond donors (Lipinski definition) is 1. The Bertz CT molecular complexity index is 825. The Labute approximate surface area is 108 Å². The van der Waals surface area contributed by atoms with Gasteiger partial charge in [0.1, 0.15) is 5.75 Å². The molecule has 0 aromatic heterocycles. The minimum absolute atomic E-state index is 0.0475. The summed E-state index contributed by atoms with van der Waals surface area (Å²) in [6, 6.07) is 13.8.